The third-order valence-corrected chi connectivity index (χ3v) is 4.59. The van der Waals surface area contributed by atoms with Gasteiger partial charge in [0, 0.05) is 29.2 Å². The van der Waals surface area contributed by atoms with Crippen molar-refractivity contribution in [2.24, 2.45) is 0 Å². The van der Waals surface area contributed by atoms with Crippen LogP contribution >= 0.6 is 11.3 Å². The zero-order valence-electron chi connectivity index (χ0n) is 15.1. The van der Waals surface area contributed by atoms with E-state index in [0.29, 0.717) is 27.6 Å². The van der Waals surface area contributed by atoms with E-state index in [1.807, 2.05) is 6.07 Å². The van der Waals surface area contributed by atoms with Crippen LogP contribution in [0.5, 0.6) is 0 Å². The molecule has 3 aromatic rings. The van der Waals surface area contributed by atoms with Crippen LogP contribution < -0.4 is 16.0 Å². The standard InChI is InChI=1S/C20H18N4O3S/c1-21-18(26)14-8-5-9-15(10-14)22-17(25)11-16-12-28-20(23-16)24-19(27)13-6-3-2-4-7-13/h2-10,12H,11H2,1H3,(H,21,26)(H,22,25)(H,23,24,27). The minimum Gasteiger partial charge on any atom is -0.355 e. The van der Waals surface area contributed by atoms with Gasteiger partial charge < -0.3 is 10.6 Å². The Morgan fingerprint density at radius 2 is 1.68 bits per heavy atom. The van der Waals surface area contributed by atoms with Gasteiger partial charge in [0.25, 0.3) is 11.8 Å². The van der Waals surface area contributed by atoms with E-state index in [1.165, 1.54) is 11.3 Å². The predicted molar refractivity (Wildman–Crippen MR) is 109 cm³/mol. The Labute approximate surface area is 165 Å². The summed E-state index contributed by atoms with van der Waals surface area (Å²) in [7, 11) is 1.55. The Bertz CT molecular complexity index is 1000. The van der Waals surface area contributed by atoms with Crippen LogP contribution in [0.15, 0.2) is 60.0 Å². The van der Waals surface area contributed by atoms with Crippen LogP contribution in [-0.2, 0) is 11.2 Å². The van der Waals surface area contributed by atoms with E-state index in [4.69, 9.17) is 0 Å². The molecule has 7 nitrogen and oxygen atoms in total. The molecule has 0 spiro atoms. The van der Waals surface area contributed by atoms with Crippen molar-refractivity contribution in [3.8, 4) is 0 Å². The van der Waals surface area contributed by atoms with E-state index in [2.05, 4.69) is 20.9 Å². The van der Waals surface area contributed by atoms with Crippen molar-refractivity contribution in [2.75, 3.05) is 17.7 Å². The van der Waals surface area contributed by atoms with Gasteiger partial charge in [-0.2, -0.15) is 0 Å². The predicted octanol–water partition coefficient (Wildman–Crippen LogP) is 2.94. The molecule has 1 heterocycles. The zero-order valence-corrected chi connectivity index (χ0v) is 15.9. The maximum atomic E-state index is 12.3. The molecule has 0 aliphatic heterocycles. The molecule has 2 aromatic carbocycles. The van der Waals surface area contributed by atoms with Gasteiger partial charge in [-0.3, -0.25) is 19.7 Å². The maximum absolute atomic E-state index is 12.3. The van der Waals surface area contributed by atoms with Gasteiger partial charge in [-0.25, -0.2) is 4.98 Å². The second kappa shape index (κ2) is 8.92. The molecule has 0 bridgehead atoms. The number of rotatable bonds is 6. The van der Waals surface area contributed by atoms with Gasteiger partial charge in [0.15, 0.2) is 5.13 Å². The first kappa shape index (κ1) is 19.2. The van der Waals surface area contributed by atoms with Crippen molar-refractivity contribution in [3.05, 3.63) is 76.8 Å². The van der Waals surface area contributed by atoms with Gasteiger partial charge in [0.05, 0.1) is 12.1 Å². The second-order valence-electron chi connectivity index (χ2n) is 5.85. The summed E-state index contributed by atoms with van der Waals surface area (Å²) < 4.78 is 0. The smallest absolute Gasteiger partial charge is 0.257 e. The normalized spacial score (nSPS) is 10.2. The molecule has 1 aromatic heterocycles. The summed E-state index contributed by atoms with van der Waals surface area (Å²) in [5, 5.41) is 10.2. The third kappa shape index (κ3) is 5.01. The number of thiazole rings is 1. The number of amides is 3. The number of hydrogen-bond donors (Lipinski definition) is 3. The topological polar surface area (TPSA) is 100 Å². The van der Waals surface area contributed by atoms with Gasteiger partial charge in [0.2, 0.25) is 5.91 Å². The lowest BCUT2D eigenvalue weighted by molar-refractivity contribution is -0.115. The van der Waals surface area contributed by atoms with Crippen LogP contribution in [0.25, 0.3) is 0 Å². The maximum Gasteiger partial charge on any atom is 0.257 e. The van der Waals surface area contributed by atoms with Crippen LogP contribution in [0.3, 0.4) is 0 Å². The highest BCUT2D eigenvalue weighted by Gasteiger charge is 2.12. The molecule has 3 rings (SSSR count). The first-order chi connectivity index (χ1) is 13.5. The molecule has 0 saturated heterocycles. The molecular weight excluding hydrogens is 376 g/mol. The fourth-order valence-corrected chi connectivity index (χ4v) is 3.16. The average molecular weight is 394 g/mol. The average Bonchev–Trinajstić information content (AvgIpc) is 3.14. The van der Waals surface area contributed by atoms with E-state index < -0.39 is 0 Å². The Morgan fingerprint density at radius 3 is 2.43 bits per heavy atom. The van der Waals surface area contributed by atoms with Crippen molar-refractivity contribution in [2.45, 2.75) is 6.42 Å². The Balaban J connectivity index is 1.58. The first-order valence-electron chi connectivity index (χ1n) is 8.48. The van der Waals surface area contributed by atoms with Crippen LogP contribution in [-0.4, -0.2) is 29.8 Å². The van der Waals surface area contributed by atoms with E-state index in [-0.39, 0.29) is 24.1 Å². The number of nitrogens with one attached hydrogen (secondary N) is 3. The summed E-state index contributed by atoms with van der Waals surface area (Å²) in [5.74, 6) is -0.744. The molecule has 3 N–H and O–H groups in total. The van der Waals surface area contributed by atoms with Crippen LogP contribution in [0.4, 0.5) is 10.8 Å². The van der Waals surface area contributed by atoms with E-state index in [9.17, 15) is 14.4 Å². The number of hydrogen-bond acceptors (Lipinski definition) is 5. The van der Waals surface area contributed by atoms with Crippen LogP contribution in [0, 0.1) is 0 Å². The van der Waals surface area contributed by atoms with Gasteiger partial charge in [0.1, 0.15) is 0 Å². The number of aromatic nitrogens is 1. The minimum atomic E-state index is -0.264. The molecule has 0 fully saturated rings. The number of benzene rings is 2. The molecule has 0 aliphatic rings. The van der Waals surface area contributed by atoms with Gasteiger partial charge >= 0.3 is 0 Å². The summed E-state index contributed by atoms with van der Waals surface area (Å²) in [6, 6.07) is 15.5. The van der Waals surface area contributed by atoms with Crippen molar-refractivity contribution in [1.29, 1.82) is 0 Å². The highest BCUT2D eigenvalue weighted by Crippen LogP contribution is 2.18. The van der Waals surface area contributed by atoms with Crippen molar-refractivity contribution in [3.63, 3.8) is 0 Å². The molecule has 28 heavy (non-hydrogen) atoms. The minimum absolute atomic E-state index is 0.0574. The Hall–Kier alpha value is -3.52. The quantitative estimate of drug-likeness (QED) is 0.598. The SMILES string of the molecule is CNC(=O)c1cccc(NC(=O)Cc2csc(NC(=O)c3ccccc3)n2)c1. The lowest BCUT2D eigenvalue weighted by Crippen LogP contribution is -2.19. The van der Waals surface area contributed by atoms with Crippen LogP contribution in [0.2, 0.25) is 0 Å². The van der Waals surface area contributed by atoms with E-state index >= 15 is 0 Å². The molecule has 0 radical (unpaired) electrons. The van der Waals surface area contributed by atoms with E-state index in [1.54, 1.807) is 61.0 Å². The van der Waals surface area contributed by atoms with Gasteiger partial charge in [-0.1, -0.05) is 24.3 Å². The monoisotopic (exact) mass is 394 g/mol. The fourth-order valence-electron chi connectivity index (χ4n) is 2.46. The number of carbonyl (C=O) groups excluding carboxylic acids is 3. The second-order valence-corrected chi connectivity index (χ2v) is 6.71. The summed E-state index contributed by atoms with van der Waals surface area (Å²) >= 11 is 1.25. The van der Waals surface area contributed by atoms with Crippen molar-refractivity contribution < 1.29 is 14.4 Å². The summed E-state index contributed by atoms with van der Waals surface area (Å²) in [4.78, 5) is 40.3. The Kier molecular flexibility index (Phi) is 6.13. The van der Waals surface area contributed by atoms with E-state index in [0.717, 1.165) is 0 Å². The molecule has 0 aliphatic carbocycles. The van der Waals surface area contributed by atoms with Gasteiger partial charge in [-0.15, -0.1) is 11.3 Å². The summed E-state index contributed by atoms with van der Waals surface area (Å²) in [6.45, 7) is 0. The number of nitrogens with zero attached hydrogens (tertiary/aromatic N) is 1. The zero-order chi connectivity index (χ0) is 19.9. The highest BCUT2D eigenvalue weighted by molar-refractivity contribution is 7.14. The van der Waals surface area contributed by atoms with Crippen molar-refractivity contribution >= 4 is 39.9 Å². The third-order valence-electron chi connectivity index (χ3n) is 3.79. The summed E-state index contributed by atoms with van der Waals surface area (Å²) in [5.41, 5.74) is 2.07. The molecule has 142 valence electrons. The molecule has 3 amide bonds. The molecular formula is C20H18N4O3S. The lowest BCUT2D eigenvalue weighted by atomic mass is 10.2. The largest absolute Gasteiger partial charge is 0.355 e. The summed E-state index contributed by atoms with van der Waals surface area (Å²) in [6.07, 6.45) is 0.0574. The highest BCUT2D eigenvalue weighted by atomic mass is 32.1. The number of anilines is 2. The van der Waals surface area contributed by atoms with Crippen LogP contribution in [0.1, 0.15) is 26.4 Å². The van der Waals surface area contributed by atoms with Gasteiger partial charge in [-0.05, 0) is 30.3 Å². The molecule has 0 unspecified atom stereocenters. The fraction of sp³-hybridized carbons (Fsp3) is 0.100. The van der Waals surface area contributed by atoms with Crippen molar-refractivity contribution in [1.82, 2.24) is 10.3 Å². The first-order valence-corrected chi connectivity index (χ1v) is 9.36. The number of carbonyl (C=O) groups is 3. The lowest BCUT2D eigenvalue weighted by Gasteiger charge is -2.06. The molecule has 0 saturated carbocycles. The molecule has 0 atom stereocenters. The molecule has 8 heteroatoms. The Morgan fingerprint density at radius 1 is 0.929 bits per heavy atom.